The fourth-order valence-electron chi connectivity index (χ4n) is 1.57. The lowest BCUT2D eigenvalue weighted by molar-refractivity contribution is 0.602. The van der Waals surface area contributed by atoms with Crippen LogP contribution in [0.1, 0.15) is 12.5 Å². The number of aromatic nitrogens is 3. The normalized spacial score (nSPS) is 10.5. The Morgan fingerprint density at radius 1 is 1.28 bits per heavy atom. The van der Waals surface area contributed by atoms with Crippen LogP contribution in [0.25, 0.3) is 0 Å². The first-order valence-electron chi connectivity index (χ1n) is 5.58. The van der Waals surface area contributed by atoms with Gasteiger partial charge >= 0.3 is 11.4 Å². The van der Waals surface area contributed by atoms with Crippen molar-refractivity contribution in [1.29, 1.82) is 0 Å². The average molecular weight is 263 g/mol. The van der Waals surface area contributed by atoms with Crippen LogP contribution in [0.5, 0.6) is 0 Å². The lowest BCUT2D eigenvalue weighted by Gasteiger charge is -2.09. The zero-order chi connectivity index (χ0) is 13.0. The number of benzene rings is 1. The van der Waals surface area contributed by atoms with E-state index >= 15 is 0 Å². The Balaban J connectivity index is 2.43. The summed E-state index contributed by atoms with van der Waals surface area (Å²) in [6.07, 6.45) is 0. The van der Waals surface area contributed by atoms with Crippen molar-refractivity contribution in [3.63, 3.8) is 0 Å². The van der Waals surface area contributed by atoms with Gasteiger partial charge in [-0.25, -0.2) is 9.59 Å². The molecule has 1 N–H and O–H groups in total. The molecule has 0 saturated heterocycles. The van der Waals surface area contributed by atoms with Gasteiger partial charge in [0.15, 0.2) is 5.16 Å². The first-order chi connectivity index (χ1) is 8.70. The molecular formula is C12H13N3O2S. The summed E-state index contributed by atoms with van der Waals surface area (Å²) < 4.78 is 1.48. The maximum absolute atomic E-state index is 11.8. The van der Waals surface area contributed by atoms with E-state index in [9.17, 15) is 9.59 Å². The van der Waals surface area contributed by atoms with E-state index in [0.717, 1.165) is 11.3 Å². The Morgan fingerprint density at radius 3 is 2.67 bits per heavy atom. The van der Waals surface area contributed by atoms with Crippen LogP contribution in [0.4, 0.5) is 0 Å². The van der Waals surface area contributed by atoms with E-state index in [4.69, 9.17) is 0 Å². The molecule has 0 fully saturated rings. The number of hydrogen-bond acceptors (Lipinski definition) is 4. The monoisotopic (exact) mass is 263 g/mol. The summed E-state index contributed by atoms with van der Waals surface area (Å²) in [6, 6.07) is 9.59. The van der Waals surface area contributed by atoms with Gasteiger partial charge in [0.05, 0.1) is 6.54 Å². The molecule has 0 atom stereocenters. The van der Waals surface area contributed by atoms with Gasteiger partial charge < -0.3 is 0 Å². The minimum Gasteiger partial charge on any atom is -0.268 e. The van der Waals surface area contributed by atoms with Gasteiger partial charge in [-0.3, -0.25) is 9.55 Å². The third-order valence-corrected chi connectivity index (χ3v) is 3.20. The topological polar surface area (TPSA) is 67.8 Å². The largest absolute Gasteiger partial charge is 0.351 e. The van der Waals surface area contributed by atoms with Gasteiger partial charge in [-0.1, -0.05) is 49.0 Å². The fourth-order valence-corrected chi connectivity index (χ4v) is 2.27. The Labute approximate surface area is 108 Å². The second-order valence-electron chi connectivity index (χ2n) is 3.63. The molecule has 0 radical (unpaired) electrons. The van der Waals surface area contributed by atoms with E-state index in [1.54, 1.807) is 0 Å². The summed E-state index contributed by atoms with van der Waals surface area (Å²) in [5, 5.41) is 0.454. The lowest BCUT2D eigenvalue weighted by Crippen LogP contribution is -2.33. The second-order valence-corrected chi connectivity index (χ2v) is 4.87. The van der Waals surface area contributed by atoms with E-state index in [1.165, 1.54) is 16.3 Å². The fraction of sp³-hybridized carbons (Fsp3) is 0.250. The number of aromatic amines is 1. The van der Waals surface area contributed by atoms with Gasteiger partial charge in [-0.05, 0) is 11.3 Å². The van der Waals surface area contributed by atoms with Crippen molar-refractivity contribution in [2.75, 3.05) is 5.75 Å². The number of nitrogens with zero attached hydrogens (tertiary/aromatic N) is 2. The number of thioether (sulfide) groups is 1. The number of hydrogen-bond donors (Lipinski definition) is 1. The average Bonchev–Trinajstić information content (AvgIpc) is 2.35. The minimum atomic E-state index is -0.597. The Morgan fingerprint density at radius 2 is 2.00 bits per heavy atom. The van der Waals surface area contributed by atoms with Crippen molar-refractivity contribution >= 4 is 11.8 Å². The van der Waals surface area contributed by atoms with Crippen LogP contribution >= 0.6 is 11.8 Å². The second kappa shape index (κ2) is 5.68. The molecule has 2 aromatic rings. The first kappa shape index (κ1) is 12.6. The molecule has 0 saturated carbocycles. The summed E-state index contributed by atoms with van der Waals surface area (Å²) in [7, 11) is 0. The number of rotatable bonds is 4. The van der Waals surface area contributed by atoms with Gasteiger partial charge in [0.25, 0.3) is 0 Å². The summed E-state index contributed by atoms with van der Waals surface area (Å²) in [4.78, 5) is 29.0. The van der Waals surface area contributed by atoms with E-state index in [1.807, 2.05) is 37.3 Å². The van der Waals surface area contributed by atoms with Gasteiger partial charge in [0.1, 0.15) is 0 Å². The van der Waals surface area contributed by atoms with Crippen molar-refractivity contribution in [3.05, 3.63) is 56.9 Å². The molecule has 18 heavy (non-hydrogen) atoms. The summed E-state index contributed by atoms with van der Waals surface area (Å²) in [5.41, 5.74) is -0.0264. The molecule has 1 aromatic carbocycles. The third-order valence-electron chi connectivity index (χ3n) is 2.34. The molecule has 1 heterocycles. The molecular weight excluding hydrogens is 250 g/mol. The smallest absolute Gasteiger partial charge is 0.268 e. The highest BCUT2D eigenvalue weighted by Crippen LogP contribution is 2.12. The maximum Gasteiger partial charge on any atom is 0.351 e. The molecule has 2 rings (SSSR count). The van der Waals surface area contributed by atoms with Crippen LogP contribution in [0.2, 0.25) is 0 Å². The maximum atomic E-state index is 11.8. The molecule has 5 nitrogen and oxygen atoms in total. The molecule has 0 amide bonds. The Bertz CT molecular complexity index is 634. The molecule has 6 heteroatoms. The van der Waals surface area contributed by atoms with E-state index < -0.39 is 11.4 Å². The number of H-pyrrole nitrogens is 1. The van der Waals surface area contributed by atoms with Crippen molar-refractivity contribution < 1.29 is 0 Å². The first-order valence-corrected chi connectivity index (χ1v) is 6.57. The number of nitrogens with one attached hydrogen (secondary N) is 1. The molecule has 0 aliphatic heterocycles. The Kier molecular flexibility index (Phi) is 3.99. The van der Waals surface area contributed by atoms with E-state index in [-0.39, 0.29) is 0 Å². The van der Waals surface area contributed by atoms with Crippen LogP contribution in [0.3, 0.4) is 0 Å². The van der Waals surface area contributed by atoms with Crippen LogP contribution < -0.4 is 11.4 Å². The lowest BCUT2D eigenvalue weighted by atomic mass is 10.2. The van der Waals surface area contributed by atoms with Gasteiger partial charge in [-0.2, -0.15) is 4.98 Å². The molecule has 0 unspecified atom stereocenters. The minimum absolute atomic E-state index is 0.409. The molecule has 0 bridgehead atoms. The zero-order valence-electron chi connectivity index (χ0n) is 9.92. The van der Waals surface area contributed by atoms with Crippen molar-refractivity contribution in [2.24, 2.45) is 0 Å². The highest BCUT2D eigenvalue weighted by molar-refractivity contribution is 7.99. The van der Waals surface area contributed by atoms with E-state index in [2.05, 4.69) is 9.97 Å². The van der Waals surface area contributed by atoms with Crippen molar-refractivity contribution in [1.82, 2.24) is 14.5 Å². The molecule has 0 aliphatic carbocycles. The standard InChI is InChI=1S/C12H13N3O2S/c1-2-18-12-14-10(16)13-11(17)15(12)8-9-6-4-3-5-7-9/h3-7H,2,8H2,1H3,(H,13,16,17). The Hall–Kier alpha value is -1.82. The molecule has 0 spiro atoms. The predicted octanol–water partition coefficient (Wildman–Crippen LogP) is 1.09. The van der Waals surface area contributed by atoms with E-state index in [0.29, 0.717) is 11.7 Å². The highest BCUT2D eigenvalue weighted by Gasteiger charge is 2.08. The van der Waals surface area contributed by atoms with Crippen LogP contribution in [-0.2, 0) is 6.54 Å². The van der Waals surface area contributed by atoms with Gasteiger partial charge in [0, 0.05) is 0 Å². The van der Waals surface area contributed by atoms with Gasteiger partial charge in [-0.15, -0.1) is 0 Å². The highest BCUT2D eigenvalue weighted by atomic mass is 32.2. The summed E-state index contributed by atoms with van der Waals surface area (Å²) >= 11 is 1.38. The van der Waals surface area contributed by atoms with Crippen LogP contribution in [0.15, 0.2) is 45.1 Å². The quantitative estimate of drug-likeness (QED) is 0.839. The van der Waals surface area contributed by atoms with Crippen molar-refractivity contribution in [2.45, 2.75) is 18.6 Å². The van der Waals surface area contributed by atoms with Crippen LogP contribution in [0, 0.1) is 0 Å². The van der Waals surface area contributed by atoms with Gasteiger partial charge in [0.2, 0.25) is 0 Å². The summed E-state index contributed by atoms with van der Waals surface area (Å²) in [5.74, 6) is 0.755. The molecule has 0 aliphatic rings. The molecule has 1 aromatic heterocycles. The third kappa shape index (κ3) is 2.89. The predicted molar refractivity (Wildman–Crippen MR) is 71.1 cm³/mol. The van der Waals surface area contributed by atoms with Crippen molar-refractivity contribution in [3.8, 4) is 0 Å². The molecule has 94 valence electrons. The van der Waals surface area contributed by atoms with Crippen LogP contribution in [-0.4, -0.2) is 20.3 Å². The SMILES string of the molecule is CCSc1nc(=O)[nH]c(=O)n1Cc1ccccc1. The zero-order valence-corrected chi connectivity index (χ0v) is 10.7. The summed E-state index contributed by atoms with van der Waals surface area (Å²) in [6.45, 7) is 2.36.